The van der Waals surface area contributed by atoms with E-state index in [1.165, 1.54) is 4.90 Å². The van der Waals surface area contributed by atoms with Crippen molar-refractivity contribution in [2.45, 2.75) is 44.3 Å². The predicted molar refractivity (Wildman–Crippen MR) is 144 cm³/mol. The third-order valence-electron chi connectivity index (χ3n) is 6.94. The highest BCUT2D eigenvalue weighted by Gasteiger charge is 2.35. The van der Waals surface area contributed by atoms with E-state index in [-0.39, 0.29) is 24.4 Å². The molecule has 2 amide bonds. The third-order valence-corrected chi connectivity index (χ3v) is 6.94. The minimum atomic E-state index is -0.929. The molecule has 3 aromatic carbocycles. The van der Waals surface area contributed by atoms with Crippen molar-refractivity contribution in [3.63, 3.8) is 0 Å². The summed E-state index contributed by atoms with van der Waals surface area (Å²) >= 11 is 0. The number of hydrogen-bond acceptors (Lipinski definition) is 6. The number of anilines is 1. The third kappa shape index (κ3) is 5.32. The van der Waals surface area contributed by atoms with Crippen LogP contribution in [-0.4, -0.2) is 47.1 Å². The number of carbonyl (C=O) groups excluding carboxylic acids is 2. The van der Waals surface area contributed by atoms with E-state index in [0.29, 0.717) is 28.3 Å². The molecule has 5 rings (SSSR count). The second-order valence-electron chi connectivity index (χ2n) is 9.37. The van der Waals surface area contributed by atoms with Gasteiger partial charge in [0.05, 0.1) is 19.7 Å². The molecule has 0 unspecified atom stereocenters. The zero-order chi connectivity index (χ0) is 26.5. The fourth-order valence-electron chi connectivity index (χ4n) is 5.00. The Morgan fingerprint density at radius 3 is 2.45 bits per heavy atom. The van der Waals surface area contributed by atoms with Crippen LogP contribution >= 0.6 is 0 Å². The molecule has 1 N–H and O–H groups in total. The van der Waals surface area contributed by atoms with Crippen LogP contribution in [0.25, 0.3) is 11.0 Å². The number of aromatic nitrogens is 3. The molecule has 1 aliphatic rings. The molecule has 4 aromatic rings. The van der Waals surface area contributed by atoms with Crippen LogP contribution in [0.15, 0.2) is 72.8 Å². The summed E-state index contributed by atoms with van der Waals surface area (Å²) in [5.74, 6) is 0.709. The lowest BCUT2D eigenvalue weighted by atomic mass is 10.0. The number of amides is 2. The summed E-state index contributed by atoms with van der Waals surface area (Å²) in [6, 6.07) is 21.0. The Kier molecular flexibility index (Phi) is 7.53. The van der Waals surface area contributed by atoms with Gasteiger partial charge in [0.1, 0.15) is 29.6 Å². The summed E-state index contributed by atoms with van der Waals surface area (Å²) in [4.78, 5) is 29.6. The molecule has 1 atom stereocenters. The molecule has 0 radical (unpaired) electrons. The summed E-state index contributed by atoms with van der Waals surface area (Å²) in [6.07, 6.45) is 4.01. The van der Waals surface area contributed by atoms with Crippen molar-refractivity contribution in [3.8, 4) is 11.5 Å². The van der Waals surface area contributed by atoms with Gasteiger partial charge in [-0.25, -0.2) is 4.68 Å². The lowest BCUT2D eigenvalue weighted by molar-refractivity contribution is -0.127. The molecule has 1 heterocycles. The molecule has 196 valence electrons. The number of hydrogen-bond donors (Lipinski definition) is 1. The number of nitrogens with one attached hydrogen (secondary N) is 1. The molecule has 9 heteroatoms. The molecule has 1 fully saturated rings. The Morgan fingerprint density at radius 2 is 1.71 bits per heavy atom. The number of carbonyl (C=O) groups is 2. The second kappa shape index (κ2) is 11.3. The van der Waals surface area contributed by atoms with Gasteiger partial charge in [-0.3, -0.25) is 14.5 Å². The van der Waals surface area contributed by atoms with Crippen molar-refractivity contribution in [2.24, 2.45) is 0 Å². The minimum Gasteiger partial charge on any atom is -0.497 e. The monoisotopic (exact) mass is 513 g/mol. The van der Waals surface area contributed by atoms with Crippen LogP contribution in [-0.2, 0) is 16.1 Å². The number of ether oxygens (including phenoxy) is 2. The summed E-state index contributed by atoms with van der Waals surface area (Å²) in [7, 11) is 3.16. The largest absolute Gasteiger partial charge is 0.497 e. The number of fused-ring (bicyclic) bond motifs is 1. The molecule has 1 aromatic heterocycles. The van der Waals surface area contributed by atoms with Crippen LogP contribution in [0.4, 0.5) is 5.69 Å². The Labute approximate surface area is 221 Å². The van der Waals surface area contributed by atoms with E-state index >= 15 is 0 Å². The lowest BCUT2D eigenvalue weighted by Gasteiger charge is -2.32. The summed E-state index contributed by atoms with van der Waals surface area (Å²) in [5, 5.41) is 11.6. The molecule has 0 spiro atoms. The van der Waals surface area contributed by atoms with Crippen molar-refractivity contribution in [1.29, 1.82) is 0 Å². The summed E-state index contributed by atoms with van der Waals surface area (Å²) in [5.41, 5.74) is 2.64. The zero-order valence-electron chi connectivity index (χ0n) is 21.5. The Hall–Kier alpha value is -4.40. The van der Waals surface area contributed by atoms with E-state index in [2.05, 4.69) is 15.6 Å². The van der Waals surface area contributed by atoms with Gasteiger partial charge in [0.15, 0.2) is 0 Å². The van der Waals surface area contributed by atoms with E-state index in [1.54, 1.807) is 49.2 Å². The first-order valence-corrected chi connectivity index (χ1v) is 12.8. The van der Waals surface area contributed by atoms with E-state index in [4.69, 9.17) is 9.47 Å². The van der Waals surface area contributed by atoms with Crippen LogP contribution in [0.3, 0.4) is 0 Å². The van der Waals surface area contributed by atoms with Crippen LogP contribution in [0.2, 0.25) is 0 Å². The van der Waals surface area contributed by atoms with Crippen molar-refractivity contribution >= 4 is 28.5 Å². The zero-order valence-corrected chi connectivity index (χ0v) is 21.5. The van der Waals surface area contributed by atoms with Crippen molar-refractivity contribution in [2.75, 3.05) is 19.1 Å². The first-order chi connectivity index (χ1) is 18.6. The average molecular weight is 514 g/mol. The molecule has 0 aliphatic heterocycles. The van der Waals surface area contributed by atoms with Crippen molar-refractivity contribution in [1.82, 2.24) is 20.3 Å². The van der Waals surface area contributed by atoms with Gasteiger partial charge in [-0.15, -0.1) is 5.10 Å². The number of rotatable bonds is 9. The maximum absolute atomic E-state index is 14.1. The van der Waals surface area contributed by atoms with Gasteiger partial charge in [0.25, 0.3) is 0 Å². The quantitative estimate of drug-likeness (QED) is 0.359. The number of benzene rings is 3. The second-order valence-corrected chi connectivity index (χ2v) is 9.37. The van der Waals surface area contributed by atoms with Gasteiger partial charge in [-0.2, -0.15) is 0 Å². The first-order valence-electron chi connectivity index (χ1n) is 12.8. The van der Waals surface area contributed by atoms with Crippen molar-refractivity contribution in [3.05, 3.63) is 78.4 Å². The highest BCUT2D eigenvalue weighted by atomic mass is 16.5. The van der Waals surface area contributed by atoms with Crippen LogP contribution < -0.4 is 19.7 Å². The highest BCUT2D eigenvalue weighted by Crippen LogP contribution is 2.32. The Bertz CT molecular complexity index is 1410. The maximum atomic E-state index is 14.1. The normalized spacial score (nSPS) is 14.3. The Morgan fingerprint density at radius 1 is 0.974 bits per heavy atom. The van der Waals surface area contributed by atoms with E-state index in [1.807, 2.05) is 42.5 Å². The summed E-state index contributed by atoms with van der Waals surface area (Å²) < 4.78 is 12.3. The van der Waals surface area contributed by atoms with Crippen LogP contribution in [0.5, 0.6) is 11.5 Å². The number of nitrogens with zero attached hydrogens (tertiary/aromatic N) is 4. The van der Waals surface area contributed by atoms with Crippen molar-refractivity contribution < 1.29 is 19.1 Å². The van der Waals surface area contributed by atoms with Crippen LogP contribution in [0.1, 0.15) is 37.3 Å². The van der Waals surface area contributed by atoms with E-state index < -0.39 is 6.04 Å². The van der Waals surface area contributed by atoms with E-state index in [9.17, 15) is 9.59 Å². The molecule has 0 saturated heterocycles. The molecule has 38 heavy (non-hydrogen) atoms. The van der Waals surface area contributed by atoms with Gasteiger partial charge >= 0.3 is 0 Å². The lowest BCUT2D eigenvalue weighted by Crippen LogP contribution is -2.47. The molecular weight excluding hydrogens is 482 g/mol. The van der Waals surface area contributed by atoms with Gasteiger partial charge in [0, 0.05) is 11.7 Å². The smallest absolute Gasteiger partial charge is 0.249 e. The van der Waals surface area contributed by atoms with Gasteiger partial charge < -0.3 is 14.8 Å². The van der Waals surface area contributed by atoms with Gasteiger partial charge in [-0.1, -0.05) is 42.3 Å². The average Bonchev–Trinajstić information content (AvgIpc) is 3.62. The topological polar surface area (TPSA) is 98.6 Å². The number of methoxy groups -OCH3 is 2. The number of para-hydroxylation sites is 1. The molecule has 9 nitrogen and oxygen atoms in total. The molecule has 0 bridgehead atoms. The van der Waals surface area contributed by atoms with Gasteiger partial charge in [-0.05, 0) is 66.9 Å². The fraction of sp³-hybridized carbons (Fsp3) is 0.310. The van der Waals surface area contributed by atoms with Crippen LogP contribution in [0, 0.1) is 0 Å². The SMILES string of the molecule is COc1ccc(N(C(=O)Cn2nnc3ccccc32)[C@@H](C(=O)NC2CCCC2)c2cccc(OC)c2)cc1. The highest BCUT2D eigenvalue weighted by molar-refractivity contribution is 6.01. The standard InChI is InChI=1S/C29H31N5O4/c1-37-23-16-14-22(15-17-23)34(27(35)19-33-26-13-6-5-12-25(26)31-32-33)28(20-8-7-11-24(18-20)38-2)29(36)30-21-9-3-4-10-21/h5-8,11-18,21,28H,3-4,9-10,19H2,1-2H3,(H,30,36)/t28-/m1/s1. The molecule has 1 aliphatic carbocycles. The fourth-order valence-corrected chi connectivity index (χ4v) is 5.00. The molecule has 1 saturated carbocycles. The minimum absolute atomic E-state index is 0.0858. The summed E-state index contributed by atoms with van der Waals surface area (Å²) in [6.45, 7) is -0.0935. The first kappa shape index (κ1) is 25.3. The maximum Gasteiger partial charge on any atom is 0.249 e. The predicted octanol–water partition coefficient (Wildman–Crippen LogP) is 4.28. The molecular formula is C29H31N5O4. The van der Waals surface area contributed by atoms with E-state index in [0.717, 1.165) is 31.2 Å². The van der Waals surface area contributed by atoms with Gasteiger partial charge in [0.2, 0.25) is 11.8 Å². The Balaban J connectivity index is 1.58.